The van der Waals surface area contributed by atoms with Gasteiger partial charge in [-0.15, -0.1) is 0 Å². The lowest BCUT2D eigenvalue weighted by molar-refractivity contribution is -0.208. The topological polar surface area (TPSA) is 66.5 Å². The molecule has 0 aromatic rings. The van der Waals surface area contributed by atoms with E-state index in [1.54, 1.807) is 0 Å². The smallest absolute Gasteiger partial charge is 0.0741 e. The Bertz CT molecular complexity index is 593. The van der Waals surface area contributed by atoms with E-state index < -0.39 is 5.60 Å². The van der Waals surface area contributed by atoms with Gasteiger partial charge in [0, 0.05) is 0 Å². The van der Waals surface area contributed by atoms with Crippen molar-refractivity contribution in [3.63, 3.8) is 0 Å². The molecule has 4 aliphatic rings. The minimum absolute atomic E-state index is 0.0188. The average molecular weight is 378 g/mol. The molecule has 4 saturated carbocycles. The Hall–Kier alpha value is -0.120. The van der Waals surface area contributed by atoms with Gasteiger partial charge in [0.15, 0.2) is 0 Å². The quantitative estimate of drug-likeness (QED) is 0.670. The lowest BCUT2D eigenvalue weighted by atomic mass is 9.38. The van der Waals surface area contributed by atoms with Crippen LogP contribution in [-0.4, -0.2) is 28.5 Å². The van der Waals surface area contributed by atoms with Crippen LogP contribution in [0.1, 0.15) is 86.0 Å². The Kier molecular flexibility index (Phi) is 4.62. The van der Waals surface area contributed by atoms with E-state index in [2.05, 4.69) is 34.6 Å². The van der Waals surface area contributed by atoms with Gasteiger partial charge in [-0.25, -0.2) is 0 Å². The van der Waals surface area contributed by atoms with E-state index in [4.69, 9.17) is 5.73 Å². The molecule has 0 aromatic heterocycles. The SMILES string of the molecule is CC1CC2C3CC(C)[C@@](O)(CCN)[C@@]3(C)CCC2[C@@]2(C)CC[C@H](O)C[C@@]12C. The van der Waals surface area contributed by atoms with E-state index in [-0.39, 0.29) is 16.9 Å². The summed E-state index contributed by atoms with van der Waals surface area (Å²) in [6, 6.07) is 0. The van der Waals surface area contributed by atoms with E-state index in [0.29, 0.717) is 29.7 Å². The van der Waals surface area contributed by atoms with Crippen LogP contribution in [0.5, 0.6) is 0 Å². The first-order valence-corrected chi connectivity index (χ1v) is 11.6. The Morgan fingerprint density at radius 2 is 1.56 bits per heavy atom. The molecule has 0 aliphatic heterocycles. The fraction of sp³-hybridized carbons (Fsp3) is 1.00. The van der Waals surface area contributed by atoms with Gasteiger partial charge in [0.2, 0.25) is 0 Å². The van der Waals surface area contributed by atoms with Gasteiger partial charge < -0.3 is 15.9 Å². The maximum Gasteiger partial charge on any atom is 0.0741 e. The first-order valence-electron chi connectivity index (χ1n) is 11.6. The summed E-state index contributed by atoms with van der Waals surface area (Å²) < 4.78 is 0. The molecule has 10 atom stereocenters. The first kappa shape index (κ1) is 20.2. The highest BCUT2D eigenvalue weighted by atomic mass is 16.3. The van der Waals surface area contributed by atoms with Crippen LogP contribution in [0.4, 0.5) is 0 Å². The summed E-state index contributed by atoms with van der Waals surface area (Å²) in [4.78, 5) is 0. The molecule has 0 heterocycles. The molecular formula is C24H43NO2. The highest BCUT2D eigenvalue weighted by Crippen LogP contribution is 2.73. The minimum Gasteiger partial charge on any atom is -0.393 e. The van der Waals surface area contributed by atoms with Crippen molar-refractivity contribution in [2.45, 2.75) is 97.7 Å². The maximum atomic E-state index is 11.7. The fourth-order valence-electron chi connectivity index (χ4n) is 9.21. The third-order valence-corrected chi connectivity index (χ3v) is 11.3. The molecule has 156 valence electrons. The molecular weight excluding hydrogens is 334 g/mol. The molecule has 27 heavy (non-hydrogen) atoms. The second-order valence-corrected chi connectivity index (χ2v) is 11.8. The van der Waals surface area contributed by atoms with E-state index in [1.807, 2.05) is 0 Å². The lowest BCUT2D eigenvalue weighted by Crippen LogP contribution is -2.62. The Labute approximate surface area is 166 Å². The molecule has 0 amide bonds. The normalized spacial score (nSPS) is 60.4. The highest BCUT2D eigenvalue weighted by molar-refractivity contribution is 5.18. The standard InChI is InChI=1S/C24H43NO2/c1-15-12-18-19(21(3)8-6-17(26)14-23(15,21)5)7-9-22(4)20(18)13-16(2)24(22,27)10-11-25/h15-20,26-27H,6-14,25H2,1-5H3/t15?,16?,17-,18?,19?,20?,21+,22-,23-,24-/m0/s1. The van der Waals surface area contributed by atoms with Crippen molar-refractivity contribution in [1.82, 2.24) is 0 Å². The summed E-state index contributed by atoms with van der Waals surface area (Å²) in [7, 11) is 0. The number of hydrogen-bond donors (Lipinski definition) is 3. The Balaban J connectivity index is 1.71. The van der Waals surface area contributed by atoms with Crippen LogP contribution in [0.15, 0.2) is 0 Å². The Morgan fingerprint density at radius 1 is 0.889 bits per heavy atom. The zero-order valence-corrected chi connectivity index (χ0v) is 18.3. The second kappa shape index (κ2) is 6.19. The largest absolute Gasteiger partial charge is 0.393 e. The van der Waals surface area contributed by atoms with Crippen molar-refractivity contribution in [2.75, 3.05) is 6.54 Å². The molecule has 3 nitrogen and oxygen atoms in total. The van der Waals surface area contributed by atoms with E-state index in [0.717, 1.165) is 43.9 Å². The third-order valence-electron chi connectivity index (χ3n) is 11.3. The summed E-state index contributed by atoms with van der Waals surface area (Å²) in [6.45, 7) is 12.7. The minimum atomic E-state index is -0.592. The molecule has 0 bridgehead atoms. The molecule has 3 heteroatoms. The summed E-state index contributed by atoms with van der Waals surface area (Å²) >= 11 is 0. The molecule has 4 aliphatic carbocycles. The third kappa shape index (κ3) is 2.37. The van der Waals surface area contributed by atoms with Crippen molar-refractivity contribution >= 4 is 0 Å². The van der Waals surface area contributed by atoms with Gasteiger partial charge in [-0.1, -0.05) is 34.6 Å². The van der Waals surface area contributed by atoms with Gasteiger partial charge in [-0.3, -0.25) is 0 Å². The predicted molar refractivity (Wildman–Crippen MR) is 110 cm³/mol. The fourth-order valence-corrected chi connectivity index (χ4v) is 9.21. The predicted octanol–water partition coefficient (Wildman–Crippen LogP) is 4.35. The molecule has 4 N–H and O–H groups in total. The van der Waals surface area contributed by atoms with Crippen LogP contribution in [0.25, 0.3) is 0 Å². The van der Waals surface area contributed by atoms with Gasteiger partial charge in [0.25, 0.3) is 0 Å². The van der Waals surface area contributed by atoms with Gasteiger partial charge >= 0.3 is 0 Å². The van der Waals surface area contributed by atoms with Crippen molar-refractivity contribution in [3.8, 4) is 0 Å². The maximum absolute atomic E-state index is 11.7. The van der Waals surface area contributed by atoms with Crippen LogP contribution in [0, 0.1) is 45.8 Å². The van der Waals surface area contributed by atoms with Crippen LogP contribution in [-0.2, 0) is 0 Å². The second-order valence-electron chi connectivity index (χ2n) is 11.8. The molecule has 4 rings (SSSR count). The number of nitrogens with two attached hydrogens (primary N) is 1. The molecule has 0 spiro atoms. The first-order chi connectivity index (χ1) is 12.5. The number of rotatable bonds is 2. The van der Waals surface area contributed by atoms with E-state index in [9.17, 15) is 10.2 Å². The van der Waals surface area contributed by atoms with Crippen LogP contribution < -0.4 is 5.73 Å². The number of hydrogen-bond acceptors (Lipinski definition) is 3. The van der Waals surface area contributed by atoms with Gasteiger partial charge in [0.05, 0.1) is 11.7 Å². The highest BCUT2D eigenvalue weighted by Gasteiger charge is 2.69. The number of aliphatic hydroxyl groups is 2. The average Bonchev–Trinajstić information content (AvgIpc) is 2.79. The van der Waals surface area contributed by atoms with Crippen molar-refractivity contribution in [1.29, 1.82) is 0 Å². The van der Waals surface area contributed by atoms with Crippen molar-refractivity contribution in [3.05, 3.63) is 0 Å². The monoisotopic (exact) mass is 377 g/mol. The van der Waals surface area contributed by atoms with Crippen molar-refractivity contribution < 1.29 is 10.2 Å². The zero-order chi connectivity index (χ0) is 19.8. The summed E-state index contributed by atoms with van der Waals surface area (Å²) in [6.07, 6.45) is 8.56. The van der Waals surface area contributed by atoms with Gasteiger partial charge in [-0.2, -0.15) is 0 Å². The number of aliphatic hydroxyl groups excluding tert-OH is 1. The van der Waals surface area contributed by atoms with Crippen molar-refractivity contribution in [2.24, 2.45) is 51.6 Å². The molecule has 0 radical (unpaired) electrons. The molecule has 4 fully saturated rings. The van der Waals surface area contributed by atoms with Crippen LogP contribution in [0.3, 0.4) is 0 Å². The summed E-state index contributed by atoms with van der Waals surface area (Å²) in [5.41, 5.74) is 5.95. The summed E-state index contributed by atoms with van der Waals surface area (Å²) in [5.74, 6) is 3.08. The van der Waals surface area contributed by atoms with E-state index in [1.165, 1.54) is 19.3 Å². The number of fused-ring (bicyclic) bond motifs is 5. The van der Waals surface area contributed by atoms with Gasteiger partial charge in [0.1, 0.15) is 0 Å². The molecule has 5 unspecified atom stereocenters. The van der Waals surface area contributed by atoms with Crippen LogP contribution in [0.2, 0.25) is 0 Å². The Morgan fingerprint density at radius 3 is 2.22 bits per heavy atom. The zero-order valence-electron chi connectivity index (χ0n) is 18.3. The summed E-state index contributed by atoms with van der Waals surface area (Å²) in [5, 5.41) is 22.2. The molecule has 0 saturated heterocycles. The van der Waals surface area contributed by atoms with Gasteiger partial charge in [-0.05, 0) is 104 Å². The van der Waals surface area contributed by atoms with E-state index >= 15 is 0 Å². The lowest BCUT2D eigenvalue weighted by Gasteiger charge is -2.67. The van der Waals surface area contributed by atoms with Crippen LogP contribution >= 0.6 is 0 Å². The molecule has 0 aromatic carbocycles.